The molecule has 0 spiro atoms. The topological polar surface area (TPSA) is 254 Å². The van der Waals surface area contributed by atoms with Crippen LogP contribution in [0.4, 0.5) is 0 Å². The van der Waals surface area contributed by atoms with Gasteiger partial charge in [0, 0.05) is 12.6 Å². The van der Waals surface area contributed by atoms with Crippen molar-refractivity contribution in [2.45, 2.75) is 25.7 Å². The predicted molar refractivity (Wildman–Crippen MR) is 86.2 cm³/mol. The van der Waals surface area contributed by atoms with E-state index in [0.717, 1.165) is 9.80 Å². The fourth-order valence-electron chi connectivity index (χ4n) is 2.39. The van der Waals surface area contributed by atoms with Gasteiger partial charge in [0.05, 0.1) is 12.6 Å². The molecule has 0 rings (SSSR count). The van der Waals surface area contributed by atoms with Gasteiger partial charge in [-0.05, 0) is 25.9 Å². The van der Waals surface area contributed by atoms with Crippen LogP contribution >= 0.6 is 30.4 Å². The first-order chi connectivity index (χ1) is 12.4. The zero-order valence-electron chi connectivity index (χ0n) is 20.7. The molecule has 2 atom stereocenters. The molecule has 0 heterocycles. The first kappa shape index (κ1) is 59.7. The Morgan fingerprint density at radius 3 is 0.882 bits per heavy atom. The molecule has 0 bridgehead atoms. The van der Waals surface area contributed by atoms with Gasteiger partial charge in [-0.2, -0.15) is 0 Å². The predicted octanol–water partition coefficient (Wildman–Crippen LogP) is -22.1. The van der Waals surface area contributed by atoms with Crippen molar-refractivity contribution >= 4 is 30.4 Å². The Balaban J connectivity index is -0.000000243. The Labute approximate surface area is 455 Å². The fourth-order valence-corrected chi connectivity index (χ4v) is 5.66. The van der Waals surface area contributed by atoms with Gasteiger partial charge in [-0.15, -0.1) is 0 Å². The van der Waals surface area contributed by atoms with Gasteiger partial charge in [0.15, 0.2) is 0 Å². The van der Waals surface area contributed by atoms with E-state index >= 15 is 0 Å². The summed E-state index contributed by atoms with van der Waals surface area (Å²) in [5.74, 6) is 0. The van der Waals surface area contributed by atoms with Gasteiger partial charge in [0.25, 0.3) is 0 Å². The summed E-state index contributed by atoms with van der Waals surface area (Å²) in [4.78, 5) is 83.9. The molecular weight excluding hydrogens is 699 g/mol. The molecule has 0 aliphatic carbocycles. The second-order valence-corrected chi connectivity index (χ2v) is 12.4. The number of hydrogen-bond acceptors (Lipinski definition) is 12. The van der Waals surface area contributed by atoms with Crippen molar-refractivity contribution in [3.63, 3.8) is 0 Å². The largest absolute Gasteiger partial charge is 1.00 e. The number of unbranched alkanes of at least 4 members (excludes halogenated alkanes) is 3. The van der Waals surface area contributed by atoms with E-state index in [1.807, 2.05) is 0 Å². The number of rotatable bonds is 15. The quantitative estimate of drug-likeness (QED) is 0.0906. The van der Waals surface area contributed by atoms with Crippen molar-refractivity contribution in [1.82, 2.24) is 9.80 Å². The molecular formula is C10H22K6N2O12P4. The molecule has 2 unspecified atom stereocenters. The van der Waals surface area contributed by atoms with E-state index in [0.29, 0.717) is 12.8 Å². The number of nitrogens with zero attached hydrogens (tertiary/aromatic N) is 2. The van der Waals surface area contributed by atoms with Crippen molar-refractivity contribution in [3.05, 3.63) is 0 Å². The molecule has 0 saturated heterocycles. The summed E-state index contributed by atoms with van der Waals surface area (Å²) in [6.07, 6.45) is -3.00. The van der Waals surface area contributed by atoms with Crippen LogP contribution in [0.1, 0.15) is 25.7 Å². The molecule has 0 aromatic rings. The SMILES string of the molecule is O=P([O-])([O-])CN(CCCCCCN(CP(=O)([O-])[O-])CP(=O)([O-])O)CP(=O)([O-])O.[K+].[K+].[K+].[K+].[K+].[K+]. The van der Waals surface area contributed by atoms with E-state index in [9.17, 15) is 47.6 Å². The summed E-state index contributed by atoms with van der Waals surface area (Å²) in [5.41, 5.74) is 0. The normalized spacial score (nSPS) is 14.5. The molecule has 0 saturated carbocycles. The zero-order chi connectivity index (χ0) is 22.2. The molecule has 0 fully saturated rings. The van der Waals surface area contributed by atoms with Gasteiger partial charge in [0.2, 0.25) is 0 Å². The smallest absolute Gasteiger partial charge is 0.810 e. The molecule has 2 N–H and O–H groups in total. The van der Waals surface area contributed by atoms with Gasteiger partial charge < -0.3 is 57.4 Å². The van der Waals surface area contributed by atoms with Crippen LogP contribution in [0.25, 0.3) is 0 Å². The maximum atomic E-state index is 10.9. The molecule has 0 aromatic heterocycles. The van der Waals surface area contributed by atoms with Crippen LogP contribution < -0.4 is 338 Å². The third-order valence-corrected chi connectivity index (χ3v) is 6.21. The first-order valence-electron chi connectivity index (χ1n) is 7.89. The first-order valence-corrected chi connectivity index (χ1v) is 14.9. The van der Waals surface area contributed by atoms with Crippen molar-refractivity contribution in [1.29, 1.82) is 0 Å². The van der Waals surface area contributed by atoms with Gasteiger partial charge in [-0.3, -0.25) is 9.80 Å². The Morgan fingerprint density at radius 2 is 0.706 bits per heavy atom. The average molecular weight is 721 g/mol. The Hall–Kier alpha value is 10.3. The third kappa shape index (κ3) is 46.8. The number of hydrogen-bond donors (Lipinski definition) is 2. The standard InChI is InChI=1S/C10H28N2O12P4.6K/c13-25(14,15)7-11(8-26(16,17)18)5-3-1-2-4-6-12(9-27(19,20)21)10-28(22,23)24;;;;;;/h1-10H2,(H2,13,14,15)(H2,16,17,18)(H2,19,20,21)(H2,22,23,24);;;;;;/q;6*+1/p-6. The summed E-state index contributed by atoms with van der Waals surface area (Å²) < 4.78 is 43.3. The molecule has 0 aliphatic rings. The van der Waals surface area contributed by atoms with Crippen molar-refractivity contribution in [2.75, 3.05) is 38.2 Å². The maximum Gasteiger partial charge on any atom is 1.00 e. The second-order valence-electron chi connectivity index (χ2n) is 6.27. The van der Waals surface area contributed by atoms with E-state index in [1.165, 1.54) is 0 Å². The van der Waals surface area contributed by atoms with E-state index < -0.39 is 55.5 Å². The van der Waals surface area contributed by atoms with Crippen LogP contribution in [0.15, 0.2) is 0 Å². The van der Waals surface area contributed by atoms with Crippen LogP contribution in [0.2, 0.25) is 0 Å². The van der Waals surface area contributed by atoms with Crippen LogP contribution in [0.5, 0.6) is 0 Å². The molecule has 0 aliphatic heterocycles. The van der Waals surface area contributed by atoms with E-state index in [-0.39, 0.29) is 334 Å². The molecule has 170 valence electrons. The minimum Gasteiger partial charge on any atom is -0.810 e. The molecule has 24 heteroatoms. The van der Waals surface area contributed by atoms with E-state index in [1.54, 1.807) is 0 Å². The molecule has 0 radical (unpaired) electrons. The van der Waals surface area contributed by atoms with Crippen molar-refractivity contribution in [2.24, 2.45) is 0 Å². The summed E-state index contributed by atoms with van der Waals surface area (Å²) in [5, 5.41) is 0. The summed E-state index contributed by atoms with van der Waals surface area (Å²) in [7, 11) is -19.7. The molecule has 34 heavy (non-hydrogen) atoms. The van der Waals surface area contributed by atoms with E-state index in [2.05, 4.69) is 0 Å². The van der Waals surface area contributed by atoms with Crippen LogP contribution in [-0.4, -0.2) is 57.8 Å². The van der Waals surface area contributed by atoms with Gasteiger partial charge >= 0.3 is 308 Å². The zero-order valence-corrected chi connectivity index (χ0v) is 43.0. The average Bonchev–Trinajstić information content (AvgIpc) is 2.34. The minimum atomic E-state index is -5.04. The summed E-state index contributed by atoms with van der Waals surface area (Å²) in [6.45, 7) is -0.263. The minimum absolute atomic E-state index is 0. The Kier molecular flexibility index (Phi) is 53.9. The van der Waals surface area contributed by atoms with E-state index in [4.69, 9.17) is 9.79 Å². The third-order valence-electron chi connectivity index (χ3n) is 3.20. The van der Waals surface area contributed by atoms with Crippen LogP contribution in [0, 0.1) is 0 Å². The Morgan fingerprint density at radius 1 is 0.471 bits per heavy atom. The van der Waals surface area contributed by atoms with Gasteiger partial charge in [-0.1, -0.05) is 28.0 Å². The van der Waals surface area contributed by atoms with Crippen molar-refractivity contribution < 1.29 is 366 Å². The second kappa shape index (κ2) is 30.7. The van der Waals surface area contributed by atoms with Crippen LogP contribution in [0.3, 0.4) is 0 Å². The summed E-state index contributed by atoms with van der Waals surface area (Å²) >= 11 is 0. The molecule has 0 amide bonds. The van der Waals surface area contributed by atoms with Gasteiger partial charge in [-0.25, -0.2) is 0 Å². The monoisotopic (exact) mass is 720 g/mol. The summed E-state index contributed by atoms with van der Waals surface area (Å²) in [6, 6.07) is 0. The van der Waals surface area contributed by atoms with Crippen LogP contribution in [-0.2, 0) is 18.3 Å². The van der Waals surface area contributed by atoms with Crippen molar-refractivity contribution in [3.8, 4) is 0 Å². The van der Waals surface area contributed by atoms with Gasteiger partial charge in [0.1, 0.15) is 15.2 Å². The maximum absolute atomic E-state index is 10.9. The fraction of sp³-hybridized carbons (Fsp3) is 1.00. The molecule has 0 aromatic carbocycles. The molecule has 14 nitrogen and oxygen atoms in total. The Bertz CT molecular complexity index is 570.